The highest BCUT2D eigenvalue weighted by Crippen LogP contribution is 2.27. The predicted molar refractivity (Wildman–Crippen MR) is 81.3 cm³/mol. The van der Waals surface area contributed by atoms with Crippen LogP contribution in [0.4, 0.5) is 8.78 Å². The molecule has 0 aromatic heterocycles. The van der Waals surface area contributed by atoms with Gasteiger partial charge in [-0.15, -0.1) is 0 Å². The third kappa shape index (κ3) is 3.60. The number of hydrogen-bond donors (Lipinski definition) is 0. The van der Waals surface area contributed by atoms with Gasteiger partial charge in [-0.3, -0.25) is 4.79 Å². The van der Waals surface area contributed by atoms with Crippen LogP contribution in [0.1, 0.15) is 15.9 Å². The summed E-state index contributed by atoms with van der Waals surface area (Å²) >= 11 is 9.33. The molecule has 0 radical (unpaired) electrons. The second-order valence-corrected chi connectivity index (χ2v) is 5.74. The largest absolute Gasteiger partial charge is 0.337 e. The molecule has 0 spiro atoms. The van der Waals surface area contributed by atoms with Gasteiger partial charge >= 0.3 is 0 Å². The van der Waals surface area contributed by atoms with E-state index in [0.29, 0.717) is 20.6 Å². The number of nitrogens with zero attached hydrogens (tertiary/aromatic N) is 1. The fourth-order valence-electron chi connectivity index (χ4n) is 1.86. The minimum Gasteiger partial charge on any atom is -0.337 e. The third-order valence-electron chi connectivity index (χ3n) is 2.93. The number of halogens is 4. The highest BCUT2D eigenvalue weighted by Gasteiger charge is 2.17. The molecular formula is C15H11BrClF2NO. The van der Waals surface area contributed by atoms with Crippen LogP contribution in [0.5, 0.6) is 0 Å². The minimum atomic E-state index is -0.936. The molecule has 0 aliphatic heterocycles. The summed E-state index contributed by atoms with van der Waals surface area (Å²) in [5, 5.41) is 0.319. The number of amides is 1. The molecular weight excluding hydrogens is 364 g/mol. The standard InChI is InChI=1S/C15H11BrClF2NO/c1-20(8-9-5-6-12(18)13(19)7-9)15(21)10-3-2-4-11(16)14(10)17/h2-7H,8H2,1H3. The third-order valence-corrected chi connectivity index (χ3v) is 4.23. The Hall–Kier alpha value is -1.46. The maximum absolute atomic E-state index is 13.2. The lowest BCUT2D eigenvalue weighted by molar-refractivity contribution is 0.0785. The SMILES string of the molecule is CN(Cc1ccc(F)c(F)c1)C(=O)c1cccc(Br)c1Cl. The van der Waals surface area contributed by atoms with Crippen molar-refractivity contribution in [2.75, 3.05) is 7.05 Å². The van der Waals surface area contributed by atoms with Crippen molar-refractivity contribution in [3.63, 3.8) is 0 Å². The Balaban J connectivity index is 2.19. The van der Waals surface area contributed by atoms with Crippen LogP contribution in [-0.4, -0.2) is 17.9 Å². The molecule has 2 rings (SSSR count). The van der Waals surface area contributed by atoms with Crippen molar-refractivity contribution in [1.82, 2.24) is 4.90 Å². The minimum absolute atomic E-state index is 0.152. The second-order valence-electron chi connectivity index (χ2n) is 4.51. The van der Waals surface area contributed by atoms with Gasteiger partial charge in [0.2, 0.25) is 0 Å². The Labute approximate surface area is 134 Å². The normalized spacial score (nSPS) is 10.5. The Morgan fingerprint density at radius 3 is 2.62 bits per heavy atom. The average molecular weight is 375 g/mol. The van der Waals surface area contributed by atoms with Gasteiger partial charge in [-0.2, -0.15) is 0 Å². The Bertz CT molecular complexity index is 693. The first kappa shape index (κ1) is 15.9. The lowest BCUT2D eigenvalue weighted by atomic mass is 10.1. The van der Waals surface area contributed by atoms with Crippen molar-refractivity contribution in [2.45, 2.75) is 6.54 Å². The Morgan fingerprint density at radius 2 is 1.95 bits per heavy atom. The molecule has 0 bridgehead atoms. The molecule has 0 aliphatic rings. The maximum atomic E-state index is 13.2. The summed E-state index contributed by atoms with van der Waals surface area (Å²) < 4.78 is 26.7. The molecule has 21 heavy (non-hydrogen) atoms. The van der Waals surface area contributed by atoms with E-state index < -0.39 is 11.6 Å². The van der Waals surface area contributed by atoms with Crippen molar-refractivity contribution >= 4 is 33.4 Å². The van der Waals surface area contributed by atoms with E-state index in [1.807, 2.05) is 0 Å². The van der Waals surface area contributed by atoms with E-state index >= 15 is 0 Å². The summed E-state index contributed by atoms with van der Waals surface area (Å²) in [7, 11) is 1.57. The molecule has 2 nitrogen and oxygen atoms in total. The number of carbonyl (C=O) groups excluding carboxylic acids is 1. The molecule has 0 aliphatic carbocycles. The van der Waals surface area contributed by atoms with Crippen molar-refractivity contribution in [2.24, 2.45) is 0 Å². The van der Waals surface area contributed by atoms with Crippen LogP contribution in [0.2, 0.25) is 5.02 Å². The topological polar surface area (TPSA) is 20.3 Å². The first-order valence-electron chi connectivity index (χ1n) is 6.03. The molecule has 0 fully saturated rings. The van der Waals surface area contributed by atoms with Gasteiger partial charge in [0.1, 0.15) is 0 Å². The van der Waals surface area contributed by atoms with Crippen LogP contribution in [0.15, 0.2) is 40.9 Å². The van der Waals surface area contributed by atoms with E-state index in [9.17, 15) is 13.6 Å². The zero-order valence-corrected chi connectivity index (χ0v) is 13.4. The molecule has 2 aromatic carbocycles. The molecule has 0 saturated carbocycles. The fraction of sp³-hybridized carbons (Fsp3) is 0.133. The van der Waals surface area contributed by atoms with Gasteiger partial charge in [-0.1, -0.05) is 23.7 Å². The average Bonchev–Trinajstić information content (AvgIpc) is 2.45. The van der Waals surface area contributed by atoms with Crippen molar-refractivity contribution < 1.29 is 13.6 Å². The summed E-state index contributed by atoms with van der Waals surface area (Å²) in [6.07, 6.45) is 0. The zero-order valence-electron chi connectivity index (χ0n) is 11.0. The molecule has 6 heteroatoms. The highest BCUT2D eigenvalue weighted by atomic mass is 79.9. The van der Waals surface area contributed by atoms with Crippen LogP contribution in [0.3, 0.4) is 0 Å². The highest BCUT2D eigenvalue weighted by molar-refractivity contribution is 9.10. The van der Waals surface area contributed by atoms with Crippen LogP contribution in [0, 0.1) is 11.6 Å². The Morgan fingerprint density at radius 1 is 1.24 bits per heavy atom. The van der Waals surface area contributed by atoms with Gasteiger partial charge in [-0.05, 0) is 45.8 Å². The summed E-state index contributed by atoms with van der Waals surface area (Å²) in [5.74, 6) is -2.15. The fourth-order valence-corrected chi connectivity index (χ4v) is 2.43. The van der Waals surface area contributed by atoms with Gasteiger partial charge < -0.3 is 4.90 Å². The smallest absolute Gasteiger partial charge is 0.255 e. The summed E-state index contributed by atoms with van der Waals surface area (Å²) in [5.41, 5.74) is 0.840. The zero-order chi connectivity index (χ0) is 15.6. The lowest BCUT2D eigenvalue weighted by Gasteiger charge is -2.18. The molecule has 0 unspecified atom stereocenters. The van der Waals surface area contributed by atoms with Crippen molar-refractivity contribution in [1.29, 1.82) is 0 Å². The van der Waals surface area contributed by atoms with Gasteiger partial charge in [0.15, 0.2) is 11.6 Å². The van der Waals surface area contributed by atoms with Gasteiger partial charge in [-0.25, -0.2) is 8.78 Å². The molecule has 0 N–H and O–H groups in total. The second kappa shape index (κ2) is 6.54. The van der Waals surface area contributed by atoms with Gasteiger partial charge in [0.05, 0.1) is 10.6 Å². The number of hydrogen-bond acceptors (Lipinski definition) is 1. The first-order chi connectivity index (χ1) is 9.90. The molecule has 0 saturated heterocycles. The lowest BCUT2D eigenvalue weighted by Crippen LogP contribution is -2.26. The summed E-state index contributed by atoms with van der Waals surface area (Å²) in [6.45, 7) is 0.152. The molecule has 2 aromatic rings. The molecule has 0 heterocycles. The van der Waals surface area contributed by atoms with Crippen molar-refractivity contribution in [3.8, 4) is 0 Å². The van der Waals surface area contributed by atoms with Crippen LogP contribution in [0.25, 0.3) is 0 Å². The van der Waals surface area contributed by atoms with Crippen LogP contribution >= 0.6 is 27.5 Å². The Kier molecular flexibility index (Phi) is 4.96. The maximum Gasteiger partial charge on any atom is 0.255 e. The monoisotopic (exact) mass is 373 g/mol. The molecule has 0 atom stereocenters. The summed E-state index contributed by atoms with van der Waals surface area (Å²) in [4.78, 5) is 13.7. The van der Waals surface area contributed by atoms with E-state index in [1.54, 1.807) is 25.2 Å². The van der Waals surface area contributed by atoms with E-state index in [1.165, 1.54) is 11.0 Å². The van der Waals surface area contributed by atoms with E-state index in [0.717, 1.165) is 12.1 Å². The van der Waals surface area contributed by atoms with Crippen LogP contribution < -0.4 is 0 Å². The number of benzene rings is 2. The quantitative estimate of drug-likeness (QED) is 0.765. The van der Waals surface area contributed by atoms with Crippen LogP contribution in [-0.2, 0) is 6.54 Å². The van der Waals surface area contributed by atoms with E-state index in [-0.39, 0.29) is 12.5 Å². The predicted octanol–water partition coefficient (Wildman–Crippen LogP) is 4.65. The van der Waals surface area contributed by atoms with Crippen molar-refractivity contribution in [3.05, 3.63) is 68.7 Å². The summed E-state index contributed by atoms with van der Waals surface area (Å²) in [6, 6.07) is 8.58. The first-order valence-corrected chi connectivity index (χ1v) is 7.20. The number of carbonyl (C=O) groups is 1. The van der Waals surface area contributed by atoms with Gasteiger partial charge in [0, 0.05) is 18.1 Å². The molecule has 1 amide bonds. The number of rotatable bonds is 3. The van der Waals surface area contributed by atoms with E-state index in [2.05, 4.69) is 15.9 Å². The molecule has 110 valence electrons. The van der Waals surface area contributed by atoms with E-state index in [4.69, 9.17) is 11.6 Å². The van der Waals surface area contributed by atoms with Gasteiger partial charge in [0.25, 0.3) is 5.91 Å².